The van der Waals surface area contributed by atoms with Crippen LogP contribution in [0.2, 0.25) is 0 Å². The number of nitrogens with one attached hydrogen (secondary N) is 1. The molecule has 0 spiro atoms. The Morgan fingerprint density at radius 3 is 2.43 bits per heavy atom. The van der Waals surface area contributed by atoms with Crippen LogP contribution in [-0.4, -0.2) is 36.4 Å². The third-order valence-electron chi connectivity index (χ3n) is 4.67. The quantitative estimate of drug-likeness (QED) is 0.722. The van der Waals surface area contributed by atoms with Crippen molar-refractivity contribution < 1.29 is 14.3 Å². The maximum Gasteiger partial charge on any atom is 0.242 e. The topological polar surface area (TPSA) is 58.6 Å². The van der Waals surface area contributed by atoms with Crippen LogP contribution < -0.4 is 10.1 Å². The number of hydrogen-bond donors (Lipinski definition) is 1. The van der Waals surface area contributed by atoms with Crippen LogP contribution in [-0.2, 0) is 22.6 Å². The maximum atomic E-state index is 13.1. The van der Waals surface area contributed by atoms with Crippen LogP contribution in [0, 0.1) is 6.92 Å². The fourth-order valence-electron chi connectivity index (χ4n) is 3.01. The molecule has 0 aliphatic carbocycles. The molecule has 0 saturated heterocycles. The molecule has 150 valence electrons. The lowest BCUT2D eigenvalue weighted by molar-refractivity contribution is -0.140. The van der Waals surface area contributed by atoms with Gasteiger partial charge < -0.3 is 15.0 Å². The second kappa shape index (κ2) is 10.5. The van der Waals surface area contributed by atoms with E-state index in [2.05, 4.69) is 5.32 Å². The van der Waals surface area contributed by atoms with Crippen LogP contribution in [0.5, 0.6) is 5.75 Å². The molecule has 0 unspecified atom stereocenters. The molecule has 0 aliphatic rings. The Morgan fingerprint density at radius 1 is 1.11 bits per heavy atom. The molecular formula is C23H30N2O3. The second-order valence-electron chi connectivity index (χ2n) is 7.00. The van der Waals surface area contributed by atoms with Gasteiger partial charge >= 0.3 is 0 Å². The van der Waals surface area contributed by atoms with Crippen molar-refractivity contribution in [2.75, 3.05) is 13.7 Å². The van der Waals surface area contributed by atoms with E-state index in [0.717, 1.165) is 28.9 Å². The van der Waals surface area contributed by atoms with Crippen molar-refractivity contribution in [1.29, 1.82) is 0 Å². The molecule has 2 aromatic rings. The Balaban J connectivity index is 2.19. The molecule has 28 heavy (non-hydrogen) atoms. The highest BCUT2D eigenvalue weighted by atomic mass is 16.5. The first-order chi connectivity index (χ1) is 13.4. The highest BCUT2D eigenvalue weighted by molar-refractivity contribution is 5.88. The fraction of sp³-hybridized carbons (Fsp3) is 0.391. The van der Waals surface area contributed by atoms with Gasteiger partial charge in [-0.15, -0.1) is 0 Å². The van der Waals surface area contributed by atoms with Crippen LogP contribution >= 0.6 is 0 Å². The van der Waals surface area contributed by atoms with Crippen LogP contribution in [0.1, 0.15) is 37.0 Å². The van der Waals surface area contributed by atoms with Crippen molar-refractivity contribution in [1.82, 2.24) is 10.2 Å². The van der Waals surface area contributed by atoms with Crippen LogP contribution in [0.3, 0.4) is 0 Å². The summed E-state index contributed by atoms with van der Waals surface area (Å²) in [4.78, 5) is 27.3. The molecule has 0 fully saturated rings. The van der Waals surface area contributed by atoms with Crippen molar-refractivity contribution in [3.63, 3.8) is 0 Å². The van der Waals surface area contributed by atoms with Gasteiger partial charge in [0.25, 0.3) is 0 Å². The molecule has 0 radical (unpaired) electrons. The predicted molar refractivity (Wildman–Crippen MR) is 111 cm³/mol. The maximum absolute atomic E-state index is 13.1. The van der Waals surface area contributed by atoms with E-state index in [1.54, 1.807) is 18.9 Å². The van der Waals surface area contributed by atoms with Gasteiger partial charge in [-0.05, 0) is 43.5 Å². The first-order valence-electron chi connectivity index (χ1n) is 9.70. The SMILES string of the molecule is CCCNC(=O)[C@@H](C)N(Cc1cccc(C)c1)C(=O)Cc1ccc(OC)cc1. The van der Waals surface area contributed by atoms with Gasteiger partial charge in [-0.2, -0.15) is 0 Å². The molecule has 0 saturated carbocycles. The van der Waals surface area contributed by atoms with Gasteiger partial charge in [0.2, 0.25) is 11.8 Å². The van der Waals surface area contributed by atoms with E-state index < -0.39 is 6.04 Å². The number of ether oxygens (including phenoxy) is 1. The molecule has 0 bridgehead atoms. The molecule has 1 N–H and O–H groups in total. The summed E-state index contributed by atoms with van der Waals surface area (Å²) in [5.41, 5.74) is 3.03. The van der Waals surface area contributed by atoms with Gasteiger partial charge in [-0.3, -0.25) is 9.59 Å². The fourth-order valence-corrected chi connectivity index (χ4v) is 3.01. The molecule has 5 heteroatoms. The molecule has 2 aromatic carbocycles. The number of methoxy groups -OCH3 is 1. The molecule has 2 amide bonds. The summed E-state index contributed by atoms with van der Waals surface area (Å²) in [5, 5.41) is 2.89. The molecule has 5 nitrogen and oxygen atoms in total. The second-order valence-corrected chi connectivity index (χ2v) is 7.00. The minimum atomic E-state index is -0.544. The van der Waals surface area contributed by atoms with Crippen molar-refractivity contribution in [3.05, 3.63) is 65.2 Å². The zero-order valence-corrected chi connectivity index (χ0v) is 17.2. The molecule has 0 aliphatic heterocycles. The number of aryl methyl sites for hydroxylation is 1. The Morgan fingerprint density at radius 2 is 1.82 bits per heavy atom. The van der Waals surface area contributed by atoms with E-state index in [1.807, 2.05) is 62.4 Å². The number of carbonyl (C=O) groups is 2. The van der Waals surface area contributed by atoms with Crippen molar-refractivity contribution in [3.8, 4) is 5.75 Å². The van der Waals surface area contributed by atoms with E-state index >= 15 is 0 Å². The van der Waals surface area contributed by atoms with E-state index in [9.17, 15) is 9.59 Å². The summed E-state index contributed by atoms with van der Waals surface area (Å²) < 4.78 is 5.17. The van der Waals surface area contributed by atoms with Crippen LogP contribution in [0.4, 0.5) is 0 Å². The zero-order chi connectivity index (χ0) is 20.5. The summed E-state index contributed by atoms with van der Waals surface area (Å²) in [6.45, 7) is 6.81. The third kappa shape index (κ3) is 6.12. The third-order valence-corrected chi connectivity index (χ3v) is 4.67. The van der Waals surface area contributed by atoms with Crippen molar-refractivity contribution in [2.24, 2.45) is 0 Å². The molecule has 0 heterocycles. The number of carbonyl (C=O) groups excluding carboxylic acids is 2. The number of amides is 2. The highest BCUT2D eigenvalue weighted by Gasteiger charge is 2.26. The zero-order valence-electron chi connectivity index (χ0n) is 17.2. The number of nitrogens with zero attached hydrogens (tertiary/aromatic N) is 1. The highest BCUT2D eigenvalue weighted by Crippen LogP contribution is 2.16. The number of rotatable bonds is 9. The Labute approximate surface area is 167 Å². The molecule has 1 atom stereocenters. The minimum Gasteiger partial charge on any atom is -0.497 e. The van der Waals surface area contributed by atoms with E-state index in [-0.39, 0.29) is 18.2 Å². The van der Waals surface area contributed by atoms with Gasteiger partial charge in [-0.25, -0.2) is 0 Å². The summed E-state index contributed by atoms with van der Waals surface area (Å²) in [6.07, 6.45) is 1.09. The lowest BCUT2D eigenvalue weighted by atomic mass is 10.1. The molecule has 2 rings (SSSR count). The van der Waals surface area contributed by atoms with Crippen LogP contribution in [0.15, 0.2) is 48.5 Å². The number of hydrogen-bond acceptors (Lipinski definition) is 3. The first kappa shape index (κ1) is 21.5. The smallest absolute Gasteiger partial charge is 0.242 e. The van der Waals surface area contributed by atoms with Crippen LogP contribution in [0.25, 0.3) is 0 Å². The summed E-state index contributed by atoms with van der Waals surface area (Å²) >= 11 is 0. The van der Waals surface area contributed by atoms with E-state index in [0.29, 0.717) is 13.1 Å². The average molecular weight is 383 g/mol. The largest absolute Gasteiger partial charge is 0.497 e. The van der Waals surface area contributed by atoms with Gasteiger partial charge in [0.05, 0.1) is 13.5 Å². The van der Waals surface area contributed by atoms with Gasteiger partial charge in [0.15, 0.2) is 0 Å². The van der Waals surface area contributed by atoms with E-state index in [4.69, 9.17) is 4.74 Å². The van der Waals surface area contributed by atoms with E-state index in [1.165, 1.54) is 0 Å². The summed E-state index contributed by atoms with van der Waals surface area (Å²) in [7, 11) is 1.61. The Bertz CT molecular complexity index is 787. The first-order valence-corrected chi connectivity index (χ1v) is 9.70. The predicted octanol–water partition coefficient (Wildman–Crippen LogP) is 3.49. The van der Waals surface area contributed by atoms with Gasteiger partial charge in [0, 0.05) is 13.1 Å². The number of benzene rings is 2. The normalized spacial score (nSPS) is 11.6. The summed E-state index contributed by atoms with van der Waals surface area (Å²) in [5.74, 6) is 0.545. The van der Waals surface area contributed by atoms with Crippen molar-refractivity contribution in [2.45, 2.75) is 46.2 Å². The standard InChI is InChI=1S/C23H30N2O3/c1-5-13-24-23(27)18(3)25(16-20-8-6-7-17(2)14-20)22(26)15-19-9-11-21(28-4)12-10-19/h6-12,14,18H,5,13,15-16H2,1-4H3,(H,24,27)/t18-/m1/s1. The Hall–Kier alpha value is -2.82. The lowest BCUT2D eigenvalue weighted by Gasteiger charge is -2.29. The summed E-state index contributed by atoms with van der Waals surface area (Å²) in [6, 6.07) is 14.9. The lowest BCUT2D eigenvalue weighted by Crippen LogP contribution is -2.48. The Kier molecular flexibility index (Phi) is 8.05. The van der Waals surface area contributed by atoms with Crippen molar-refractivity contribution >= 4 is 11.8 Å². The van der Waals surface area contributed by atoms with Gasteiger partial charge in [-0.1, -0.05) is 48.9 Å². The minimum absolute atomic E-state index is 0.0779. The van der Waals surface area contributed by atoms with Gasteiger partial charge in [0.1, 0.15) is 11.8 Å². The average Bonchev–Trinajstić information content (AvgIpc) is 2.70. The molecular weight excluding hydrogens is 352 g/mol. The molecule has 0 aromatic heterocycles. The monoisotopic (exact) mass is 382 g/mol.